The fourth-order valence-electron chi connectivity index (χ4n) is 7.00. The zero-order valence-corrected chi connectivity index (χ0v) is 31.4. The maximum atomic E-state index is 13.1. The van der Waals surface area contributed by atoms with Crippen molar-refractivity contribution in [3.63, 3.8) is 0 Å². The number of carbonyl (C=O) groups is 5. The third-order valence-electron chi connectivity index (χ3n) is 10.1. The highest BCUT2D eigenvalue weighted by molar-refractivity contribution is 6.23. The summed E-state index contributed by atoms with van der Waals surface area (Å²) in [6.45, 7) is 5.16. The third kappa shape index (κ3) is 8.60. The predicted octanol–water partition coefficient (Wildman–Crippen LogP) is 4.34. The van der Waals surface area contributed by atoms with Gasteiger partial charge in [-0.1, -0.05) is 12.1 Å². The lowest BCUT2D eigenvalue weighted by atomic mass is 10.0. The molecular formula is C41H43N9O7. The minimum atomic E-state index is -1.01. The van der Waals surface area contributed by atoms with Gasteiger partial charge in [0, 0.05) is 44.1 Å². The van der Waals surface area contributed by atoms with Crippen LogP contribution < -0.4 is 30.9 Å². The van der Waals surface area contributed by atoms with Gasteiger partial charge in [0.05, 0.1) is 29.5 Å². The molecule has 5 N–H and O–H groups in total. The highest BCUT2D eigenvalue weighted by Crippen LogP contribution is 2.32. The van der Waals surface area contributed by atoms with Gasteiger partial charge >= 0.3 is 0 Å². The Kier molecular flexibility index (Phi) is 11.5. The van der Waals surface area contributed by atoms with Crippen LogP contribution in [0.1, 0.15) is 87.0 Å². The number of anilines is 5. The van der Waals surface area contributed by atoms with E-state index < -0.39 is 35.8 Å². The number of carbonyl (C=O) groups excluding carboxylic acids is 5. The van der Waals surface area contributed by atoms with Crippen molar-refractivity contribution in [2.45, 2.75) is 57.1 Å². The van der Waals surface area contributed by atoms with Crippen molar-refractivity contribution in [1.29, 1.82) is 0 Å². The van der Waals surface area contributed by atoms with Crippen molar-refractivity contribution >= 4 is 58.5 Å². The van der Waals surface area contributed by atoms with Crippen LogP contribution in [0, 0.1) is 0 Å². The van der Waals surface area contributed by atoms with E-state index in [1.165, 1.54) is 18.3 Å². The number of nitrogens with one attached hydrogen (secondary N) is 4. The molecule has 0 saturated carbocycles. The second-order valence-corrected chi connectivity index (χ2v) is 14.0. The molecule has 1 aliphatic carbocycles. The molecule has 0 bridgehead atoms. The number of hydrogen-bond donors (Lipinski definition) is 5. The number of aryl methyl sites for hydroxylation is 1. The summed E-state index contributed by atoms with van der Waals surface area (Å²) in [7, 11) is 2.02. The molecule has 2 unspecified atom stereocenters. The maximum absolute atomic E-state index is 13.1. The summed E-state index contributed by atoms with van der Waals surface area (Å²) in [5.41, 5.74) is 4.02. The molecule has 1 saturated heterocycles. The van der Waals surface area contributed by atoms with Crippen molar-refractivity contribution in [1.82, 2.24) is 30.5 Å². The van der Waals surface area contributed by atoms with E-state index >= 15 is 0 Å². The number of aliphatic hydroxyl groups excluding tert-OH is 1. The second kappa shape index (κ2) is 17.0. The van der Waals surface area contributed by atoms with Gasteiger partial charge in [-0.25, -0.2) is 9.97 Å². The van der Waals surface area contributed by atoms with E-state index in [2.05, 4.69) is 47.7 Å². The highest BCUT2D eigenvalue weighted by atomic mass is 16.5. The first-order chi connectivity index (χ1) is 27.6. The molecule has 16 heteroatoms. The van der Waals surface area contributed by atoms with Crippen LogP contribution in [0.25, 0.3) is 0 Å². The Morgan fingerprint density at radius 3 is 2.58 bits per heavy atom. The molecule has 7 rings (SSSR count). The van der Waals surface area contributed by atoms with E-state index in [4.69, 9.17) is 4.74 Å². The number of unbranched alkanes of at least 4 members (excludes halogenated alkanes) is 2. The standard InChI is InChI=1S/C41H43N9O7/c1-3-19-42-37(53)30-23-43-41(48-36(30)46-33-17-8-24-7-16-32(51)35(24)45-33)44-25-9-11-26(12-10-25)49(2)20-5-4-6-21-57-27-13-14-28-29(22-27)40(56)50(39(28)55)31-15-18-34(52)47-38(31)54/h3,8-14,17,22-23,31-32,51H,1,4-7,15-16,18-21H2,2H3,(H,42,53)(H,47,52,54)(H2,43,44,45,46,48). The first-order valence-corrected chi connectivity index (χ1v) is 18.9. The summed E-state index contributed by atoms with van der Waals surface area (Å²) in [5, 5.41) is 21.6. The molecule has 0 spiro atoms. The van der Waals surface area contributed by atoms with Crippen LogP contribution in [-0.4, -0.2) is 87.3 Å². The summed E-state index contributed by atoms with van der Waals surface area (Å²) in [6.07, 6.45) is 6.53. The molecule has 2 aliphatic heterocycles. The maximum Gasteiger partial charge on any atom is 0.262 e. The number of rotatable bonds is 16. The van der Waals surface area contributed by atoms with Crippen LogP contribution in [0.5, 0.6) is 5.75 Å². The van der Waals surface area contributed by atoms with Crippen LogP contribution in [0.4, 0.5) is 29.0 Å². The molecule has 16 nitrogen and oxygen atoms in total. The second-order valence-electron chi connectivity index (χ2n) is 14.0. The summed E-state index contributed by atoms with van der Waals surface area (Å²) in [5.74, 6) is -1.10. The number of benzene rings is 2. The summed E-state index contributed by atoms with van der Waals surface area (Å²) >= 11 is 0. The number of aromatic nitrogens is 3. The average molecular weight is 774 g/mol. The monoisotopic (exact) mass is 773 g/mol. The Morgan fingerprint density at radius 1 is 0.982 bits per heavy atom. The molecule has 0 radical (unpaired) electrons. The first kappa shape index (κ1) is 38.6. The van der Waals surface area contributed by atoms with Gasteiger partial charge < -0.3 is 30.7 Å². The van der Waals surface area contributed by atoms with Crippen molar-refractivity contribution < 1.29 is 33.8 Å². The van der Waals surface area contributed by atoms with Crippen LogP contribution >= 0.6 is 0 Å². The zero-order chi connectivity index (χ0) is 40.1. The fraction of sp³-hybridized carbons (Fsp3) is 0.317. The number of aliphatic hydroxyl groups is 1. The molecule has 2 aromatic carbocycles. The summed E-state index contributed by atoms with van der Waals surface area (Å²) < 4.78 is 5.90. The molecule has 3 aliphatic rings. The number of nitrogens with zero attached hydrogens (tertiary/aromatic N) is 5. The zero-order valence-electron chi connectivity index (χ0n) is 31.4. The molecule has 294 valence electrons. The molecular weight excluding hydrogens is 731 g/mol. The first-order valence-electron chi connectivity index (χ1n) is 18.9. The van der Waals surface area contributed by atoms with E-state index in [1.54, 1.807) is 18.2 Å². The Labute approximate surface area is 328 Å². The Hall–Kier alpha value is -6.68. The average Bonchev–Trinajstić information content (AvgIpc) is 3.69. The Balaban J connectivity index is 0.886. The molecule has 57 heavy (non-hydrogen) atoms. The van der Waals surface area contributed by atoms with Gasteiger partial charge in [0.1, 0.15) is 29.0 Å². The third-order valence-corrected chi connectivity index (χ3v) is 10.1. The van der Waals surface area contributed by atoms with E-state index in [0.717, 1.165) is 54.1 Å². The quantitative estimate of drug-likeness (QED) is 0.0611. The van der Waals surface area contributed by atoms with Gasteiger partial charge in [-0.3, -0.25) is 34.2 Å². The van der Waals surface area contributed by atoms with Crippen molar-refractivity contribution in [3.8, 4) is 5.75 Å². The molecule has 2 atom stereocenters. The van der Waals surface area contributed by atoms with Gasteiger partial charge in [-0.2, -0.15) is 4.98 Å². The van der Waals surface area contributed by atoms with E-state index in [9.17, 15) is 29.1 Å². The van der Waals surface area contributed by atoms with Crippen LogP contribution in [-0.2, 0) is 16.0 Å². The van der Waals surface area contributed by atoms with Crippen molar-refractivity contribution in [3.05, 3.63) is 101 Å². The van der Waals surface area contributed by atoms with Gasteiger partial charge in [0.15, 0.2) is 0 Å². The topological polar surface area (TPSA) is 208 Å². The highest BCUT2D eigenvalue weighted by Gasteiger charge is 2.44. The Bertz CT molecular complexity index is 2230. The van der Waals surface area contributed by atoms with Gasteiger partial charge in [0.2, 0.25) is 17.8 Å². The molecule has 2 aromatic heterocycles. The number of fused-ring (bicyclic) bond motifs is 2. The molecule has 1 fully saturated rings. The van der Waals surface area contributed by atoms with E-state index in [0.29, 0.717) is 30.3 Å². The minimum Gasteiger partial charge on any atom is -0.494 e. The SMILES string of the molecule is C=CCNC(=O)c1cnc(Nc2ccc(N(C)CCCCCOc3ccc4c(c3)C(=O)N(C3CCC(=O)NC3=O)C4=O)cc2)nc1Nc1ccc2c(n1)C(O)CC2. The Morgan fingerprint density at radius 2 is 1.79 bits per heavy atom. The van der Waals surface area contributed by atoms with Crippen molar-refractivity contribution in [2.75, 3.05) is 42.3 Å². The number of hydrogen-bond acceptors (Lipinski definition) is 13. The van der Waals surface area contributed by atoms with Gasteiger partial charge in [-0.15, -0.1) is 6.58 Å². The smallest absolute Gasteiger partial charge is 0.262 e. The normalized spacial score (nSPS) is 17.1. The van der Waals surface area contributed by atoms with Crippen LogP contribution in [0.15, 0.2) is 73.4 Å². The number of pyridine rings is 1. The minimum absolute atomic E-state index is 0.0633. The van der Waals surface area contributed by atoms with E-state index in [1.807, 2.05) is 37.4 Å². The largest absolute Gasteiger partial charge is 0.494 e. The lowest BCUT2D eigenvalue weighted by Crippen LogP contribution is -2.54. The van der Waals surface area contributed by atoms with E-state index in [-0.39, 0.29) is 53.8 Å². The molecule has 4 aromatic rings. The van der Waals surface area contributed by atoms with Crippen molar-refractivity contribution in [2.24, 2.45) is 0 Å². The number of amides is 5. The summed E-state index contributed by atoms with van der Waals surface area (Å²) in [4.78, 5) is 79.4. The lowest BCUT2D eigenvalue weighted by molar-refractivity contribution is -0.136. The van der Waals surface area contributed by atoms with Crippen LogP contribution in [0.2, 0.25) is 0 Å². The predicted molar refractivity (Wildman–Crippen MR) is 211 cm³/mol. The van der Waals surface area contributed by atoms with Gasteiger partial charge in [-0.05, 0) is 92.6 Å². The van der Waals surface area contributed by atoms with Gasteiger partial charge in [0.25, 0.3) is 17.7 Å². The van der Waals surface area contributed by atoms with Crippen LogP contribution in [0.3, 0.4) is 0 Å². The number of ether oxygens (including phenoxy) is 1. The number of imide groups is 2. The summed E-state index contributed by atoms with van der Waals surface area (Å²) in [6, 6.07) is 15.2. The molecule has 4 heterocycles. The molecule has 5 amide bonds. The number of piperidine rings is 1. The fourth-order valence-corrected chi connectivity index (χ4v) is 7.00. The lowest BCUT2D eigenvalue weighted by Gasteiger charge is -2.27.